The van der Waals surface area contributed by atoms with Crippen LogP contribution in [0.1, 0.15) is 32.4 Å². The zero-order valence-electron chi connectivity index (χ0n) is 9.31. The maximum Gasteiger partial charge on any atom is 0.167 e. The van der Waals surface area contributed by atoms with Crippen LogP contribution in [0.15, 0.2) is 10.5 Å². The summed E-state index contributed by atoms with van der Waals surface area (Å²) in [4.78, 5) is 0. The fourth-order valence-corrected chi connectivity index (χ4v) is 1.74. The Morgan fingerprint density at radius 3 is 2.31 bits per heavy atom. The molecule has 1 atom stereocenters. The van der Waals surface area contributed by atoms with Crippen LogP contribution in [0.2, 0.25) is 0 Å². The molecule has 0 radical (unpaired) electrons. The van der Waals surface area contributed by atoms with Crippen LogP contribution in [0.25, 0.3) is 0 Å². The van der Waals surface area contributed by atoms with Crippen LogP contribution in [0.3, 0.4) is 0 Å². The zero-order chi connectivity index (χ0) is 12.7. The van der Waals surface area contributed by atoms with Crippen LogP contribution in [0.4, 0.5) is 8.78 Å². The Bertz CT molecular complexity index is 389. The van der Waals surface area contributed by atoms with Crippen LogP contribution in [0, 0.1) is 17.0 Å². The first-order chi connectivity index (χ1) is 7.16. The lowest BCUT2D eigenvalue weighted by molar-refractivity contribution is 0.304. The molecule has 0 saturated heterocycles. The fourth-order valence-electron chi connectivity index (χ4n) is 1.32. The first-order valence-electron chi connectivity index (χ1n) is 4.78. The third-order valence-electron chi connectivity index (χ3n) is 2.42. The highest BCUT2D eigenvalue weighted by atomic mass is 79.9. The Labute approximate surface area is 102 Å². The number of benzene rings is 1. The monoisotopic (exact) mass is 293 g/mol. The summed E-state index contributed by atoms with van der Waals surface area (Å²) in [6.07, 6.45) is 0. The van der Waals surface area contributed by atoms with Crippen molar-refractivity contribution in [1.82, 2.24) is 0 Å². The Balaban J connectivity index is 3.44. The highest BCUT2D eigenvalue weighted by Crippen LogP contribution is 2.40. The molecule has 0 fully saturated rings. The van der Waals surface area contributed by atoms with Gasteiger partial charge in [0.2, 0.25) is 0 Å². The predicted octanol–water partition coefficient (Wildman–Crippen LogP) is 3.48. The minimum Gasteiger partial charge on any atom is -0.506 e. The van der Waals surface area contributed by atoms with E-state index in [9.17, 15) is 13.9 Å². The number of rotatable bonds is 1. The molecular formula is C11H14BrF2NO. The molecule has 0 amide bonds. The molecule has 0 saturated carbocycles. The van der Waals surface area contributed by atoms with Crippen molar-refractivity contribution >= 4 is 15.9 Å². The smallest absolute Gasteiger partial charge is 0.167 e. The molecule has 2 nitrogen and oxygen atoms in total. The first kappa shape index (κ1) is 13.4. The van der Waals surface area contributed by atoms with Gasteiger partial charge in [0.1, 0.15) is 5.75 Å². The SMILES string of the molecule is CC(C)(C)[C@H](N)c1c(O)c(Br)cc(F)c1F. The van der Waals surface area contributed by atoms with E-state index in [0.29, 0.717) is 0 Å². The number of phenolic OH excluding ortho intramolecular Hbond substituents is 1. The van der Waals surface area contributed by atoms with Gasteiger partial charge in [-0.2, -0.15) is 0 Å². The molecule has 1 rings (SSSR count). The average Bonchev–Trinajstić information content (AvgIpc) is 2.13. The van der Waals surface area contributed by atoms with Crippen molar-refractivity contribution in [2.75, 3.05) is 0 Å². The van der Waals surface area contributed by atoms with Crippen molar-refractivity contribution in [3.63, 3.8) is 0 Å². The molecule has 0 aliphatic rings. The second-order valence-electron chi connectivity index (χ2n) is 4.76. The van der Waals surface area contributed by atoms with Gasteiger partial charge in [0.05, 0.1) is 10.0 Å². The third-order valence-corrected chi connectivity index (χ3v) is 3.03. The van der Waals surface area contributed by atoms with Crippen molar-refractivity contribution in [3.05, 3.63) is 27.7 Å². The molecule has 0 spiro atoms. The molecule has 1 aromatic rings. The van der Waals surface area contributed by atoms with Gasteiger partial charge in [-0.1, -0.05) is 20.8 Å². The van der Waals surface area contributed by atoms with Crippen LogP contribution >= 0.6 is 15.9 Å². The molecule has 0 heterocycles. The van der Waals surface area contributed by atoms with Crippen molar-refractivity contribution in [1.29, 1.82) is 0 Å². The molecule has 90 valence electrons. The van der Waals surface area contributed by atoms with Gasteiger partial charge < -0.3 is 10.8 Å². The quantitative estimate of drug-likeness (QED) is 0.779. The van der Waals surface area contributed by atoms with Crippen molar-refractivity contribution < 1.29 is 13.9 Å². The molecule has 0 bridgehead atoms. The van der Waals surface area contributed by atoms with Gasteiger partial charge in [-0.15, -0.1) is 0 Å². The van der Waals surface area contributed by atoms with Gasteiger partial charge in [0.15, 0.2) is 11.6 Å². The molecule has 3 N–H and O–H groups in total. The average molecular weight is 294 g/mol. The second kappa shape index (κ2) is 4.30. The first-order valence-corrected chi connectivity index (χ1v) is 5.57. The normalized spacial score (nSPS) is 13.9. The van der Waals surface area contributed by atoms with Gasteiger partial charge in [-0.05, 0) is 27.4 Å². The maximum atomic E-state index is 13.6. The standard InChI is InChI=1S/C11H14BrF2NO/c1-11(2,3)10(15)7-8(14)6(13)4-5(12)9(7)16/h4,10,16H,15H2,1-3H3/t10-/m1/s1. The third kappa shape index (κ3) is 2.35. The molecule has 16 heavy (non-hydrogen) atoms. The molecule has 0 aromatic heterocycles. The summed E-state index contributed by atoms with van der Waals surface area (Å²) in [5, 5.41) is 9.70. The minimum absolute atomic E-state index is 0.0982. The van der Waals surface area contributed by atoms with E-state index in [4.69, 9.17) is 5.73 Å². The molecule has 0 unspecified atom stereocenters. The molecule has 5 heteroatoms. The van der Waals surface area contributed by atoms with Crippen LogP contribution < -0.4 is 5.73 Å². The van der Waals surface area contributed by atoms with E-state index in [1.807, 2.05) is 0 Å². The predicted molar refractivity (Wildman–Crippen MR) is 62.1 cm³/mol. The largest absolute Gasteiger partial charge is 0.506 e. The number of hydrogen-bond donors (Lipinski definition) is 2. The summed E-state index contributed by atoms with van der Waals surface area (Å²) in [6, 6.07) is 0.0864. The number of phenols is 1. The summed E-state index contributed by atoms with van der Waals surface area (Å²) in [5.74, 6) is -2.47. The van der Waals surface area contributed by atoms with E-state index < -0.39 is 23.1 Å². The lowest BCUT2D eigenvalue weighted by Crippen LogP contribution is -2.27. The van der Waals surface area contributed by atoms with Crippen molar-refractivity contribution in [3.8, 4) is 5.75 Å². The minimum atomic E-state index is -1.09. The Morgan fingerprint density at radius 1 is 1.38 bits per heavy atom. The number of halogens is 3. The number of aromatic hydroxyl groups is 1. The Morgan fingerprint density at radius 2 is 1.88 bits per heavy atom. The summed E-state index contributed by atoms with van der Waals surface area (Å²) in [6.45, 7) is 5.36. The van der Waals surface area contributed by atoms with Crippen LogP contribution in [0.5, 0.6) is 5.75 Å². The summed E-state index contributed by atoms with van der Waals surface area (Å²) >= 11 is 2.95. The maximum absolute atomic E-state index is 13.6. The van der Waals surface area contributed by atoms with Gasteiger partial charge in [0.25, 0.3) is 0 Å². The molecular weight excluding hydrogens is 280 g/mol. The second-order valence-corrected chi connectivity index (χ2v) is 5.61. The van der Waals surface area contributed by atoms with E-state index in [1.54, 1.807) is 20.8 Å². The Kier molecular flexibility index (Phi) is 3.59. The van der Waals surface area contributed by atoms with Gasteiger partial charge in [-0.3, -0.25) is 0 Å². The molecule has 1 aromatic carbocycles. The lowest BCUT2D eigenvalue weighted by atomic mass is 9.82. The number of nitrogens with two attached hydrogens (primary N) is 1. The zero-order valence-corrected chi connectivity index (χ0v) is 10.9. The van der Waals surface area contributed by atoms with Crippen LogP contribution in [-0.4, -0.2) is 5.11 Å². The van der Waals surface area contributed by atoms with Gasteiger partial charge in [0, 0.05) is 6.04 Å². The highest BCUT2D eigenvalue weighted by molar-refractivity contribution is 9.10. The van der Waals surface area contributed by atoms with E-state index >= 15 is 0 Å². The van der Waals surface area contributed by atoms with Crippen LogP contribution in [-0.2, 0) is 0 Å². The Hall–Kier alpha value is -0.680. The van der Waals surface area contributed by atoms with E-state index in [-0.39, 0.29) is 15.8 Å². The fraction of sp³-hybridized carbons (Fsp3) is 0.455. The van der Waals surface area contributed by atoms with E-state index in [2.05, 4.69) is 15.9 Å². The van der Waals surface area contributed by atoms with E-state index in [0.717, 1.165) is 6.07 Å². The summed E-state index contributed by atoms with van der Waals surface area (Å²) < 4.78 is 26.9. The van der Waals surface area contributed by atoms with Crippen molar-refractivity contribution in [2.24, 2.45) is 11.1 Å². The topological polar surface area (TPSA) is 46.2 Å². The lowest BCUT2D eigenvalue weighted by Gasteiger charge is -2.28. The summed E-state index contributed by atoms with van der Waals surface area (Å²) in [7, 11) is 0. The van der Waals surface area contributed by atoms with Gasteiger partial charge >= 0.3 is 0 Å². The number of hydrogen-bond acceptors (Lipinski definition) is 2. The summed E-state index contributed by atoms with van der Waals surface area (Å²) in [5.41, 5.74) is 5.15. The molecule has 0 aliphatic carbocycles. The molecule has 0 aliphatic heterocycles. The van der Waals surface area contributed by atoms with Crippen molar-refractivity contribution in [2.45, 2.75) is 26.8 Å². The highest BCUT2D eigenvalue weighted by Gasteiger charge is 2.30. The van der Waals surface area contributed by atoms with E-state index in [1.165, 1.54) is 0 Å². The van der Waals surface area contributed by atoms with Gasteiger partial charge in [-0.25, -0.2) is 8.78 Å².